The van der Waals surface area contributed by atoms with Gasteiger partial charge >= 0.3 is 0 Å². The molecule has 0 atom stereocenters. The number of anilines is 1. The average molecular weight is 333 g/mol. The van der Waals surface area contributed by atoms with E-state index in [1.807, 2.05) is 0 Å². The Morgan fingerprint density at radius 3 is 2.87 bits per heavy atom. The lowest BCUT2D eigenvalue weighted by molar-refractivity contribution is 0.1000. The fraction of sp³-hybridized carbons (Fsp3) is 0.400. The van der Waals surface area contributed by atoms with Crippen LogP contribution in [0.1, 0.15) is 38.2 Å². The molecular weight excluding hydrogens is 314 g/mol. The first-order chi connectivity index (χ1) is 11.0. The van der Waals surface area contributed by atoms with Gasteiger partial charge in [0.2, 0.25) is 0 Å². The lowest BCUT2D eigenvalue weighted by atomic mass is 10.0. The molecule has 0 aliphatic carbocycles. The number of hydrogen-bond acceptors (Lipinski definition) is 5. The number of nitrogens with two attached hydrogens (primary N) is 1. The van der Waals surface area contributed by atoms with E-state index in [1.165, 1.54) is 11.3 Å². The third-order valence-electron chi connectivity index (χ3n) is 4.00. The number of fused-ring (bicyclic) bond motifs is 1. The molecule has 2 amide bonds. The van der Waals surface area contributed by atoms with Crippen LogP contribution in [0.25, 0.3) is 0 Å². The lowest BCUT2D eigenvalue weighted by Crippen LogP contribution is -2.30. The van der Waals surface area contributed by atoms with Gasteiger partial charge in [-0.15, -0.1) is 11.3 Å². The summed E-state index contributed by atoms with van der Waals surface area (Å²) in [5.41, 5.74) is 7.29. The minimum atomic E-state index is -0.497. The van der Waals surface area contributed by atoms with E-state index in [0.29, 0.717) is 16.3 Å². The summed E-state index contributed by atoms with van der Waals surface area (Å²) >= 11 is 1.43. The van der Waals surface area contributed by atoms with Gasteiger partial charge in [-0.25, -0.2) is 0 Å². The SMILES string of the molecule is CCN1CCc2c(sc(NC(=O)c3ccn(C)n3)c2C(N)=O)C1. The van der Waals surface area contributed by atoms with Crippen molar-refractivity contribution < 1.29 is 9.59 Å². The van der Waals surface area contributed by atoms with E-state index < -0.39 is 5.91 Å². The van der Waals surface area contributed by atoms with E-state index in [2.05, 4.69) is 22.2 Å². The summed E-state index contributed by atoms with van der Waals surface area (Å²) in [6, 6.07) is 1.63. The van der Waals surface area contributed by atoms with Gasteiger partial charge in [0.15, 0.2) is 5.69 Å². The van der Waals surface area contributed by atoms with E-state index in [4.69, 9.17) is 5.73 Å². The van der Waals surface area contributed by atoms with E-state index in [0.717, 1.165) is 36.5 Å². The molecule has 0 aromatic carbocycles. The van der Waals surface area contributed by atoms with Crippen molar-refractivity contribution >= 4 is 28.2 Å². The van der Waals surface area contributed by atoms with Gasteiger partial charge in [0.25, 0.3) is 11.8 Å². The van der Waals surface area contributed by atoms with Crippen LogP contribution in [0, 0.1) is 0 Å². The van der Waals surface area contributed by atoms with Crippen LogP contribution in [-0.4, -0.2) is 39.6 Å². The second-order valence-corrected chi connectivity index (χ2v) is 6.62. The van der Waals surface area contributed by atoms with Gasteiger partial charge in [0.05, 0.1) is 5.56 Å². The smallest absolute Gasteiger partial charge is 0.276 e. The molecule has 7 nitrogen and oxygen atoms in total. The Morgan fingerprint density at radius 1 is 1.48 bits per heavy atom. The summed E-state index contributed by atoms with van der Waals surface area (Å²) in [5.74, 6) is -0.831. The van der Waals surface area contributed by atoms with Crippen molar-refractivity contribution in [2.24, 2.45) is 12.8 Å². The number of thiophene rings is 1. The molecule has 3 heterocycles. The van der Waals surface area contributed by atoms with Crippen LogP contribution in [0.15, 0.2) is 12.3 Å². The highest BCUT2D eigenvalue weighted by Gasteiger charge is 2.27. The minimum Gasteiger partial charge on any atom is -0.365 e. The van der Waals surface area contributed by atoms with Crippen molar-refractivity contribution in [2.75, 3.05) is 18.4 Å². The molecule has 0 radical (unpaired) electrons. The number of likely N-dealkylation sites (N-methyl/N-ethyl adjacent to an activating group) is 1. The Kier molecular flexibility index (Phi) is 4.18. The van der Waals surface area contributed by atoms with Gasteiger partial charge in [-0.2, -0.15) is 5.10 Å². The molecule has 2 aromatic heterocycles. The maximum absolute atomic E-state index is 12.3. The van der Waals surface area contributed by atoms with E-state index in [-0.39, 0.29) is 5.91 Å². The highest BCUT2D eigenvalue weighted by atomic mass is 32.1. The predicted molar refractivity (Wildman–Crippen MR) is 88.7 cm³/mol. The number of nitrogens with one attached hydrogen (secondary N) is 1. The largest absolute Gasteiger partial charge is 0.365 e. The Balaban J connectivity index is 1.91. The monoisotopic (exact) mass is 333 g/mol. The van der Waals surface area contributed by atoms with Crippen molar-refractivity contribution in [1.82, 2.24) is 14.7 Å². The number of rotatable bonds is 4. The zero-order valence-electron chi connectivity index (χ0n) is 13.1. The molecule has 2 aromatic rings. The Labute approximate surface area is 138 Å². The van der Waals surface area contributed by atoms with E-state index in [1.54, 1.807) is 24.0 Å². The molecule has 0 unspecified atom stereocenters. The maximum Gasteiger partial charge on any atom is 0.276 e. The predicted octanol–water partition coefficient (Wildman–Crippen LogP) is 1.21. The maximum atomic E-state index is 12.3. The van der Waals surface area contributed by atoms with E-state index in [9.17, 15) is 9.59 Å². The minimum absolute atomic E-state index is 0.310. The standard InChI is InChI=1S/C15H19N5O2S/c1-3-20-7-4-9-11(8-20)23-15(12(9)13(16)21)17-14(22)10-5-6-19(2)18-10/h5-6H,3-4,7-8H2,1-2H3,(H2,16,21)(H,17,22). The molecule has 8 heteroatoms. The average Bonchev–Trinajstić information content (AvgIpc) is 3.09. The Morgan fingerprint density at radius 2 is 2.26 bits per heavy atom. The van der Waals surface area contributed by atoms with Crippen LogP contribution in [0.5, 0.6) is 0 Å². The van der Waals surface area contributed by atoms with Crippen LogP contribution < -0.4 is 11.1 Å². The Bertz CT molecular complexity index is 764. The van der Waals surface area contributed by atoms with Crippen LogP contribution in [0.2, 0.25) is 0 Å². The Hall–Kier alpha value is -2.19. The highest BCUT2D eigenvalue weighted by Crippen LogP contribution is 2.37. The number of carbonyl (C=O) groups excluding carboxylic acids is 2. The first-order valence-electron chi connectivity index (χ1n) is 7.47. The number of hydrogen-bond donors (Lipinski definition) is 2. The molecule has 0 fully saturated rings. The number of amides is 2. The summed E-state index contributed by atoms with van der Waals surface area (Å²) in [4.78, 5) is 27.6. The molecule has 0 spiro atoms. The van der Waals surface area contributed by atoms with Crippen LogP contribution in [-0.2, 0) is 20.0 Å². The van der Waals surface area contributed by atoms with Gasteiger partial charge in [0, 0.05) is 31.2 Å². The molecular formula is C15H19N5O2S. The normalized spacial score (nSPS) is 14.5. The van der Waals surface area contributed by atoms with Gasteiger partial charge in [-0.3, -0.25) is 19.2 Å². The second kappa shape index (κ2) is 6.13. The quantitative estimate of drug-likeness (QED) is 0.879. The molecule has 0 bridgehead atoms. The first kappa shape index (κ1) is 15.7. The van der Waals surface area contributed by atoms with Gasteiger partial charge < -0.3 is 11.1 Å². The van der Waals surface area contributed by atoms with Gasteiger partial charge in [-0.1, -0.05) is 6.92 Å². The number of primary amides is 1. The zero-order chi connectivity index (χ0) is 16.6. The van der Waals surface area contributed by atoms with Crippen molar-refractivity contribution in [3.63, 3.8) is 0 Å². The summed E-state index contributed by atoms with van der Waals surface area (Å²) in [5, 5.41) is 7.39. The first-order valence-corrected chi connectivity index (χ1v) is 8.29. The van der Waals surface area contributed by atoms with Crippen LogP contribution >= 0.6 is 11.3 Å². The summed E-state index contributed by atoms with van der Waals surface area (Å²) in [7, 11) is 1.74. The summed E-state index contributed by atoms with van der Waals surface area (Å²) < 4.78 is 1.56. The summed E-state index contributed by atoms with van der Waals surface area (Å²) in [6.07, 6.45) is 2.47. The number of nitrogens with zero attached hydrogens (tertiary/aromatic N) is 3. The molecule has 1 aliphatic rings. The number of carbonyl (C=O) groups is 2. The number of aryl methyl sites for hydroxylation is 1. The summed E-state index contributed by atoms with van der Waals surface area (Å²) in [6.45, 7) is 4.75. The molecule has 3 rings (SSSR count). The fourth-order valence-electron chi connectivity index (χ4n) is 2.78. The van der Waals surface area contributed by atoms with Crippen LogP contribution in [0.4, 0.5) is 5.00 Å². The van der Waals surface area contributed by atoms with Crippen molar-refractivity contribution in [1.29, 1.82) is 0 Å². The van der Waals surface area contributed by atoms with Crippen molar-refractivity contribution in [3.05, 3.63) is 34.0 Å². The highest BCUT2D eigenvalue weighted by molar-refractivity contribution is 7.17. The molecule has 0 saturated heterocycles. The second-order valence-electron chi connectivity index (χ2n) is 5.52. The molecule has 3 N–H and O–H groups in total. The topological polar surface area (TPSA) is 93.2 Å². The molecule has 122 valence electrons. The van der Waals surface area contributed by atoms with Gasteiger partial charge in [0.1, 0.15) is 5.00 Å². The number of aromatic nitrogens is 2. The molecule has 23 heavy (non-hydrogen) atoms. The molecule has 0 saturated carbocycles. The fourth-order valence-corrected chi connectivity index (χ4v) is 4.07. The van der Waals surface area contributed by atoms with Crippen molar-refractivity contribution in [2.45, 2.75) is 19.9 Å². The van der Waals surface area contributed by atoms with E-state index >= 15 is 0 Å². The van der Waals surface area contributed by atoms with Gasteiger partial charge in [-0.05, 0) is 24.6 Å². The molecule has 1 aliphatic heterocycles. The van der Waals surface area contributed by atoms with Crippen molar-refractivity contribution in [3.8, 4) is 0 Å². The third kappa shape index (κ3) is 2.99. The van der Waals surface area contributed by atoms with Crippen LogP contribution in [0.3, 0.4) is 0 Å². The lowest BCUT2D eigenvalue weighted by Gasteiger charge is -2.25. The third-order valence-corrected chi connectivity index (χ3v) is 5.14. The zero-order valence-corrected chi connectivity index (χ0v) is 13.9.